The maximum atomic E-state index is 12.7. The SMILES string of the molecule is O=C(Nc1ccc2c(c1)OCO2)C1CC[NH+](Cc2cc(-c3ccccc3)on2)CC1. The number of likely N-dealkylation sites (tertiary alicyclic amines) is 1. The molecule has 3 heterocycles. The molecular weight excluding hydrogens is 382 g/mol. The Balaban J connectivity index is 1.13. The van der Waals surface area contributed by atoms with Crippen molar-refractivity contribution >= 4 is 11.6 Å². The molecular formula is C23H24N3O4+. The number of hydrogen-bond acceptors (Lipinski definition) is 5. The molecule has 5 rings (SSSR count). The molecule has 0 atom stereocenters. The number of carbonyl (C=O) groups is 1. The number of quaternary nitrogens is 1. The van der Waals surface area contributed by atoms with Crippen molar-refractivity contribution in [2.24, 2.45) is 5.92 Å². The van der Waals surface area contributed by atoms with Crippen LogP contribution in [-0.4, -0.2) is 30.9 Å². The van der Waals surface area contributed by atoms with Crippen molar-refractivity contribution in [1.82, 2.24) is 5.16 Å². The number of ether oxygens (including phenoxy) is 2. The highest BCUT2D eigenvalue weighted by Crippen LogP contribution is 2.34. The summed E-state index contributed by atoms with van der Waals surface area (Å²) in [6.45, 7) is 2.92. The lowest BCUT2D eigenvalue weighted by molar-refractivity contribution is -0.919. The van der Waals surface area contributed by atoms with E-state index < -0.39 is 0 Å². The van der Waals surface area contributed by atoms with Crippen LogP contribution < -0.4 is 19.7 Å². The van der Waals surface area contributed by atoms with Crippen LogP contribution in [0.5, 0.6) is 11.5 Å². The van der Waals surface area contributed by atoms with Crippen LogP contribution in [0.3, 0.4) is 0 Å². The third-order valence-electron chi connectivity index (χ3n) is 5.75. The molecule has 7 heteroatoms. The lowest BCUT2D eigenvalue weighted by Gasteiger charge is -2.28. The van der Waals surface area contributed by atoms with Gasteiger partial charge >= 0.3 is 0 Å². The summed E-state index contributed by atoms with van der Waals surface area (Å²) in [6, 6.07) is 17.5. The van der Waals surface area contributed by atoms with E-state index in [0.717, 1.165) is 55.2 Å². The van der Waals surface area contributed by atoms with E-state index in [0.29, 0.717) is 11.5 Å². The molecule has 0 bridgehead atoms. The van der Waals surface area contributed by atoms with Gasteiger partial charge in [0.05, 0.1) is 13.1 Å². The number of benzene rings is 2. The second kappa shape index (κ2) is 8.20. The Hall–Kier alpha value is -3.32. The molecule has 7 nitrogen and oxygen atoms in total. The summed E-state index contributed by atoms with van der Waals surface area (Å²) in [5.74, 6) is 2.28. The smallest absolute Gasteiger partial charge is 0.231 e. The average Bonchev–Trinajstić information content (AvgIpc) is 3.44. The largest absolute Gasteiger partial charge is 0.454 e. The van der Waals surface area contributed by atoms with Crippen molar-refractivity contribution in [1.29, 1.82) is 0 Å². The molecule has 30 heavy (non-hydrogen) atoms. The number of nitrogens with one attached hydrogen (secondary N) is 2. The predicted molar refractivity (Wildman–Crippen MR) is 110 cm³/mol. The summed E-state index contributed by atoms with van der Waals surface area (Å²) >= 11 is 0. The fourth-order valence-corrected chi connectivity index (χ4v) is 4.07. The van der Waals surface area contributed by atoms with Gasteiger partial charge in [-0.2, -0.15) is 0 Å². The molecule has 3 aromatic rings. The number of carbonyl (C=O) groups excluding carboxylic acids is 1. The minimum absolute atomic E-state index is 0.0244. The van der Waals surface area contributed by atoms with Crippen molar-refractivity contribution < 1.29 is 23.7 Å². The van der Waals surface area contributed by atoms with Crippen molar-refractivity contribution in [3.8, 4) is 22.8 Å². The molecule has 0 saturated carbocycles. The van der Waals surface area contributed by atoms with E-state index >= 15 is 0 Å². The van der Waals surface area contributed by atoms with Crippen LogP contribution in [0.2, 0.25) is 0 Å². The van der Waals surface area contributed by atoms with E-state index in [1.54, 1.807) is 0 Å². The van der Waals surface area contributed by atoms with E-state index in [1.165, 1.54) is 4.90 Å². The molecule has 2 aromatic carbocycles. The lowest BCUT2D eigenvalue weighted by atomic mass is 9.95. The van der Waals surface area contributed by atoms with Gasteiger partial charge < -0.3 is 24.2 Å². The Kier molecular flexibility index (Phi) is 5.11. The Bertz CT molecular complexity index is 1030. The van der Waals surface area contributed by atoms with Crippen LogP contribution in [0.15, 0.2) is 59.1 Å². The minimum atomic E-state index is 0.0244. The van der Waals surface area contributed by atoms with Gasteiger partial charge in [-0.25, -0.2) is 0 Å². The van der Waals surface area contributed by atoms with Gasteiger partial charge in [0.25, 0.3) is 0 Å². The summed E-state index contributed by atoms with van der Waals surface area (Å²) in [4.78, 5) is 14.1. The number of rotatable bonds is 5. The fraction of sp³-hybridized carbons (Fsp3) is 0.304. The molecule has 154 valence electrons. The van der Waals surface area contributed by atoms with Crippen LogP contribution in [0, 0.1) is 5.92 Å². The first kappa shape index (κ1) is 18.7. The molecule has 0 aliphatic carbocycles. The Labute approximate surface area is 174 Å². The maximum absolute atomic E-state index is 12.7. The third kappa shape index (κ3) is 4.02. The van der Waals surface area contributed by atoms with Gasteiger partial charge in [-0.15, -0.1) is 0 Å². The van der Waals surface area contributed by atoms with Gasteiger partial charge in [-0.1, -0.05) is 35.5 Å². The van der Waals surface area contributed by atoms with Crippen molar-refractivity contribution in [3.05, 3.63) is 60.3 Å². The summed E-state index contributed by atoms with van der Waals surface area (Å²) < 4.78 is 16.2. The zero-order valence-electron chi connectivity index (χ0n) is 16.6. The first-order chi connectivity index (χ1) is 14.7. The monoisotopic (exact) mass is 406 g/mol. The maximum Gasteiger partial charge on any atom is 0.231 e. The summed E-state index contributed by atoms with van der Waals surface area (Å²) in [7, 11) is 0. The van der Waals surface area contributed by atoms with Gasteiger partial charge in [-0.3, -0.25) is 4.79 Å². The van der Waals surface area contributed by atoms with Crippen LogP contribution in [0.4, 0.5) is 5.69 Å². The summed E-state index contributed by atoms with van der Waals surface area (Å²) in [5.41, 5.74) is 2.73. The zero-order chi connectivity index (χ0) is 20.3. The highest BCUT2D eigenvalue weighted by Gasteiger charge is 2.28. The van der Waals surface area contributed by atoms with Crippen LogP contribution in [0.25, 0.3) is 11.3 Å². The van der Waals surface area contributed by atoms with E-state index in [-0.39, 0.29) is 18.6 Å². The molecule has 2 N–H and O–H groups in total. The number of amides is 1. The average molecular weight is 406 g/mol. The van der Waals surface area contributed by atoms with E-state index in [2.05, 4.69) is 10.5 Å². The second-order valence-corrected chi connectivity index (χ2v) is 7.81. The molecule has 1 fully saturated rings. The normalized spacial score (nSPS) is 20.1. The highest BCUT2D eigenvalue weighted by molar-refractivity contribution is 5.92. The molecule has 2 aliphatic heterocycles. The standard InChI is InChI=1S/C23H23N3O4/c27-23(24-18-6-7-20-22(12-18)29-15-28-20)17-8-10-26(11-9-17)14-19-13-21(30-25-19)16-4-2-1-3-5-16/h1-7,12-13,17H,8-11,14-15H2,(H,24,27)/p+1. The minimum Gasteiger partial charge on any atom is -0.454 e. The summed E-state index contributed by atoms with van der Waals surface area (Å²) in [5, 5.41) is 7.24. The van der Waals surface area contributed by atoms with Crippen LogP contribution in [-0.2, 0) is 11.3 Å². The quantitative estimate of drug-likeness (QED) is 0.681. The molecule has 1 saturated heterocycles. The van der Waals surface area contributed by atoms with Gasteiger partial charge in [0, 0.05) is 42.1 Å². The molecule has 0 unspecified atom stereocenters. The highest BCUT2D eigenvalue weighted by atomic mass is 16.7. The van der Waals surface area contributed by atoms with Crippen molar-refractivity contribution in [3.63, 3.8) is 0 Å². The Morgan fingerprint density at radius 3 is 2.67 bits per heavy atom. The molecule has 1 aromatic heterocycles. The molecule has 0 radical (unpaired) electrons. The van der Waals surface area contributed by atoms with Gasteiger partial charge in [0.1, 0.15) is 12.2 Å². The van der Waals surface area contributed by atoms with Gasteiger partial charge in [0.2, 0.25) is 12.7 Å². The van der Waals surface area contributed by atoms with Gasteiger partial charge in [0.15, 0.2) is 17.3 Å². The number of anilines is 1. The molecule has 0 spiro atoms. The number of fused-ring (bicyclic) bond motifs is 1. The predicted octanol–water partition coefficient (Wildman–Crippen LogP) is 2.50. The van der Waals surface area contributed by atoms with E-state index in [9.17, 15) is 4.79 Å². The van der Waals surface area contributed by atoms with Crippen LogP contribution >= 0.6 is 0 Å². The first-order valence-corrected chi connectivity index (χ1v) is 10.3. The number of hydrogen-bond donors (Lipinski definition) is 2. The van der Waals surface area contributed by atoms with E-state index in [1.807, 2.05) is 54.6 Å². The third-order valence-corrected chi connectivity index (χ3v) is 5.75. The molecule has 2 aliphatic rings. The number of nitrogens with zero attached hydrogens (tertiary/aromatic N) is 1. The Morgan fingerprint density at radius 2 is 1.83 bits per heavy atom. The number of aromatic nitrogens is 1. The van der Waals surface area contributed by atoms with Crippen molar-refractivity contribution in [2.75, 3.05) is 25.2 Å². The number of piperidine rings is 1. The fourth-order valence-electron chi connectivity index (χ4n) is 4.07. The summed E-state index contributed by atoms with van der Waals surface area (Å²) in [6.07, 6.45) is 1.71. The second-order valence-electron chi connectivity index (χ2n) is 7.81. The van der Waals surface area contributed by atoms with E-state index in [4.69, 9.17) is 14.0 Å². The van der Waals surface area contributed by atoms with Gasteiger partial charge in [-0.05, 0) is 12.1 Å². The zero-order valence-corrected chi connectivity index (χ0v) is 16.6. The lowest BCUT2D eigenvalue weighted by Crippen LogP contribution is -3.11. The molecule has 1 amide bonds. The van der Waals surface area contributed by atoms with Crippen molar-refractivity contribution in [2.45, 2.75) is 19.4 Å². The Morgan fingerprint density at radius 1 is 1.03 bits per heavy atom. The topological polar surface area (TPSA) is 78.0 Å². The van der Waals surface area contributed by atoms with Crippen LogP contribution in [0.1, 0.15) is 18.5 Å². The first-order valence-electron chi connectivity index (χ1n) is 10.3.